The zero-order valence-corrected chi connectivity index (χ0v) is 36.7. The third kappa shape index (κ3) is 38.1. The van der Waals surface area contributed by atoms with Crippen LogP contribution in [0.1, 0.15) is 251 Å². The Hall–Kier alpha value is -1.21. The quantitative estimate of drug-likeness (QED) is 0.0313. The van der Waals surface area contributed by atoms with Gasteiger partial charge in [-0.15, -0.1) is 0 Å². The van der Waals surface area contributed by atoms with Gasteiger partial charge in [0.15, 0.2) is 0 Å². The van der Waals surface area contributed by atoms with Gasteiger partial charge in [0.25, 0.3) is 0 Å². The largest absolute Gasteiger partial charge is 0.394 e. The summed E-state index contributed by atoms with van der Waals surface area (Å²) < 4.78 is 0. The number of aliphatic hydroxyl groups is 4. The zero-order valence-electron chi connectivity index (χ0n) is 36.7. The highest BCUT2D eigenvalue weighted by Crippen LogP contribution is 2.17. The molecule has 0 aliphatic rings. The number of hydrogen-bond acceptors (Lipinski definition) is 5. The summed E-state index contributed by atoms with van der Waals surface area (Å²) in [7, 11) is 0. The number of amides is 1. The van der Waals surface area contributed by atoms with Crippen molar-refractivity contribution in [1.82, 2.24) is 5.32 Å². The summed E-state index contributed by atoms with van der Waals surface area (Å²) in [5, 5.41) is 43.6. The van der Waals surface area contributed by atoms with Gasteiger partial charge >= 0.3 is 0 Å². The highest BCUT2D eigenvalue weighted by Gasteiger charge is 2.28. The summed E-state index contributed by atoms with van der Waals surface area (Å²) in [5.41, 5.74) is 0. The van der Waals surface area contributed by atoms with Crippen LogP contribution in [0.25, 0.3) is 0 Å². The Labute approximate surface area is 342 Å². The molecule has 4 unspecified atom stereocenters. The lowest BCUT2D eigenvalue weighted by molar-refractivity contribution is -0.132. The first-order valence-corrected chi connectivity index (χ1v) is 24.2. The fraction of sp³-hybridized carbons (Fsp3) is 0.898. The molecule has 0 aliphatic heterocycles. The van der Waals surface area contributed by atoms with Gasteiger partial charge in [-0.2, -0.15) is 0 Å². The van der Waals surface area contributed by atoms with Gasteiger partial charge in [-0.25, -0.2) is 0 Å². The average Bonchev–Trinajstić information content (AvgIpc) is 3.19. The average molecular weight is 778 g/mol. The lowest BCUT2D eigenvalue weighted by atomic mass is 10.00. The van der Waals surface area contributed by atoms with E-state index in [9.17, 15) is 25.2 Å². The number of allylic oxidation sites excluding steroid dienone is 4. The standard InChI is InChI=1S/C49H95NO5/c1-3-5-7-9-11-13-15-16-17-18-19-20-21-22-23-24-25-26-27-28-29-30-31-33-34-36-38-40-42-46(52)48(54)45(44-51)50-49(55)47(53)43-41-39-37-35-32-14-12-10-8-6-4-2/h12,14,34,36,45-48,51-54H,3-11,13,15-33,35,37-44H2,1-2H3,(H,50,55)/b14-12-,36-34+. The Kier molecular flexibility index (Phi) is 42.9. The second-order valence-corrected chi connectivity index (χ2v) is 16.8. The number of aliphatic hydroxyl groups excluding tert-OH is 4. The maximum atomic E-state index is 12.5. The predicted octanol–water partition coefficient (Wildman–Crippen LogP) is 13.1. The van der Waals surface area contributed by atoms with Crippen LogP contribution in [-0.2, 0) is 4.79 Å². The van der Waals surface area contributed by atoms with Gasteiger partial charge < -0.3 is 25.7 Å². The van der Waals surface area contributed by atoms with Gasteiger partial charge in [0.05, 0.1) is 18.8 Å². The van der Waals surface area contributed by atoms with Gasteiger partial charge in [-0.3, -0.25) is 4.79 Å². The number of unbranched alkanes of at least 4 members (excludes halogenated alkanes) is 31. The van der Waals surface area contributed by atoms with Crippen LogP contribution < -0.4 is 5.32 Å². The Bertz CT molecular complexity index is 832. The van der Waals surface area contributed by atoms with Crippen LogP contribution in [0.15, 0.2) is 24.3 Å². The lowest BCUT2D eigenvalue weighted by Gasteiger charge is -2.27. The second-order valence-electron chi connectivity index (χ2n) is 16.8. The molecule has 0 aromatic heterocycles. The Morgan fingerprint density at radius 3 is 1.13 bits per heavy atom. The molecule has 0 heterocycles. The summed E-state index contributed by atoms with van der Waals surface area (Å²) in [6.07, 6.45) is 51.0. The van der Waals surface area contributed by atoms with Crippen molar-refractivity contribution in [3.8, 4) is 0 Å². The van der Waals surface area contributed by atoms with E-state index in [-0.39, 0.29) is 0 Å². The SMILES string of the molecule is CCCCC/C=C\CCCCCCC(O)C(=O)NC(CO)C(O)C(O)CCC/C=C/CCCCCCCCCCCCCCCCCCCCCCCCC. The van der Waals surface area contributed by atoms with Gasteiger partial charge in [0, 0.05) is 0 Å². The number of carbonyl (C=O) groups is 1. The van der Waals surface area contributed by atoms with Crippen molar-refractivity contribution in [2.45, 2.75) is 276 Å². The topological polar surface area (TPSA) is 110 Å². The second kappa shape index (κ2) is 43.9. The molecule has 0 saturated heterocycles. The van der Waals surface area contributed by atoms with Crippen molar-refractivity contribution in [2.75, 3.05) is 6.61 Å². The fourth-order valence-corrected chi connectivity index (χ4v) is 7.52. The van der Waals surface area contributed by atoms with Crippen molar-refractivity contribution < 1.29 is 25.2 Å². The van der Waals surface area contributed by atoms with E-state index < -0.39 is 36.9 Å². The molecule has 0 aromatic rings. The zero-order chi connectivity index (χ0) is 40.3. The molecular weight excluding hydrogens is 683 g/mol. The number of rotatable bonds is 44. The third-order valence-corrected chi connectivity index (χ3v) is 11.4. The van der Waals surface area contributed by atoms with Gasteiger partial charge in [-0.05, 0) is 64.2 Å². The molecule has 0 spiro atoms. The molecule has 326 valence electrons. The van der Waals surface area contributed by atoms with Gasteiger partial charge in [0.1, 0.15) is 12.2 Å². The molecule has 5 N–H and O–H groups in total. The van der Waals surface area contributed by atoms with Crippen LogP contribution in [0.3, 0.4) is 0 Å². The Morgan fingerprint density at radius 1 is 0.436 bits per heavy atom. The van der Waals surface area contributed by atoms with E-state index in [0.717, 1.165) is 57.8 Å². The summed E-state index contributed by atoms with van der Waals surface area (Å²) in [6.45, 7) is 4.01. The summed E-state index contributed by atoms with van der Waals surface area (Å²) in [6, 6.07) is -1.00. The highest BCUT2D eigenvalue weighted by atomic mass is 16.3. The molecular formula is C49H95NO5. The first-order valence-electron chi connectivity index (χ1n) is 24.2. The monoisotopic (exact) mass is 778 g/mol. The van der Waals surface area contributed by atoms with Crippen molar-refractivity contribution in [3.05, 3.63) is 24.3 Å². The number of nitrogens with one attached hydrogen (secondary N) is 1. The summed E-state index contributed by atoms with van der Waals surface area (Å²) >= 11 is 0. The van der Waals surface area contributed by atoms with E-state index >= 15 is 0 Å². The van der Waals surface area contributed by atoms with Crippen LogP contribution in [0.4, 0.5) is 0 Å². The number of carbonyl (C=O) groups excluding carboxylic acids is 1. The van der Waals surface area contributed by atoms with E-state index in [1.165, 1.54) is 167 Å². The normalized spacial score (nSPS) is 14.2. The van der Waals surface area contributed by atoms with Gasteiger partial charge in [-0.1, -0.05) is 212 Å². The van der Waals surface area contributed by atoms with E-state index in [1.807, 2.05) is 0 Å². The van der Waals surface area contributed by atoms with E-state index in [1.54, 1.807) is 0 Å². The van der Waals surface area contributed by atoms with E-state index in [0.29, 0.717) is 12.8 Å². The molecule has 0 fully saturated rings. The molecule has 6 nitrogen and oxygen atoms in total. The summed E-state index contributed by atoms with van der Waals surface area (Å²) in [5.74, 6) is -0.603. The molecule has 6 heteroatoms. The minimum absolute atomic E-state index is 0.349. The van der Waals surface area contributed by atoms with E-state index in [2.05, 4.69) is 43.5 Å². The Morgan fingerprint density at radius 2 is 0.745 bits per heavy atom. The van der Waals surface area contributed by atoms with Crippen LogP contribution >= 0.6 is 0 Å². The number of hydrogen-bond donors (Lipinski definition) is 5. The minimum atomic E-state index is -1.28. The fourth-order valence-electron chi connectivity index (χ4n) is 7.52. The van der Waals surface area contributed by atoms with Crippen molar-refractivity contribution in [3.63, 3.8) is 0 Å². The van der Waals surface area contributed by atoms with Crippen LogP contribution in [-0.4, -0.2) is 57.3 Å². The highest BCUT2D eigenvalue weighted by molar-refractivity contribution is 5.80. The van der Waals surface area contributed by atoms with Crippen LogP contribution in [0.2, 0.25) is 0 Å². The first kappa shape index (κ1) is 53.8. The molecule has 55 heavy (non-hydrogen) atoms. The maximum absolute atomic E-state index is 12.5. The van der Waals surface area contributed by atoms with Gasteiger partial charge in [0.2, 0.25) is 5.91 Å². The van der Waals surface area contributed by atoms with Crippen LogP contribution in [0, 0.1) is 0 Å². The molecule has 0 saturated carbocycles. The van der Waals surface area contributed by atoms with E-state index in [4.69, 9.17) is 0 Å². The molecule has 0 aromatic carbocycles. The van der Waals surface area contributed by atoms with Crippen molar-refractivity contribution >= 4 is 5.91 Å². The molecule has 0 bridgehead atoms. The summed E-state index contributed by atoms with van der Waals surface area (Å²) in [4.78, 5) is 12.5. The maximum Gasteiger partial charge on any atom is 0.249 e. The third-order valence-electron chi connectivity index (χ3n) is 11.4. The van der Waals surface area contributed by atoms with Crippen molar-refractivity contribution in [1.29, 1.82) is 0 Å². The molecule has 4 atom stereocenters. The molecule has 0 rings (SSSR count). The minimum Gasteiger partial charge on any atom is -0.394 e. The molecule has 1 amide bonds. The molecule has 0 radical (unpaired) electrons. The smallest absolute Gasteiger partial charge is 0.249 e. The Balaban J connectivity index is 3.63. The molecule has 0 aliphatic carbocycles. The first-order chi connectivity index (χ1) is 27.0. The predicted molar refractivity (Wildman–Crippen MR) is 237 cm³/mol. The lowest BCUT2D eigenvalue weighted by Crippen LogP contribution is -2.53. The van der Waals surface area contributed by atoms with Crippen molar-refractivity contribution in [2.24, 2.45) is 0 Å². The van der Waals surface area contributed by atoms with Crippen LogP contribution in [0.5, 0.6) is 0 Å².